The fraction of sp³-hybridized carbons (Fsp3) is 0.571. The molecule has 1 saturated carbocycles. The van der Waals surface area contributed by atoms with Crippen molar-refractivity contribution >= 4 is 11.4 Å². The monoisotopic (exact) mass is 267 g/mol. The summed E-state index contributed by atoms with van der Waals surface area (Å²) in [6.45, 7) is 0.726. The topological polar surface area (TPSA) is 50.5 Å². The molecule has 5 heteroatoms. The van der Waals surface area contributed by atoms with E-state index in [1.807, 2.05) is 0 Å². The van der Waals surface area contributed by atoms with Gasteiger partial charge < -0.3 is 20.7 Å². The molecular weight excluding hydrogens is 245 g/mol. The molecule has 0 radical (unpaired) electrons. The third kappa shape index (κ3) is 2.61. The zero-order valence-corrected chi connectivity index (χ0v) is 11.8. The molecule has 0 saturated heterocycles. The van der Waals surface area contributed by atoms with Crippen molar-refractivity contribution in [3.8, 4) is 5.75 Å². The Morgan fingerprint density at radius 2 is 2.11 bits per heavy atom. The van der Waals surface area contributed by atoms with Crippen LogP contribution >= 0.6 is 0 Å². The van der Waals surface area contributed by atoms with Crippen molar-refractivity contribution in [1.29, 1.82) is 0 Å². The lowest BCUT2D eigenvalue weighted by molar-refractivity contribution is 0.0738. The normalized spacial score (nSPS) is 17.1. The van der Waals surface area contributed by atoms with E-state index in [1.165, 1.54) is 19.6 Å². The molecule has 1 aliphatic carbocycles. The van der Waals surface area contributed by atoms with Gasteiger partial charge in [0.2, 0.25) is 0 Å². The number of nitrogens with two attached hydrogens (primary N) is 1. The SMILES string of the molecule is COc1cc(NCC2(N(C)C)CCC2)c(F)cc1N. The number of likely N-dealkylation sites (N-methyl/N-ethyl adjacent to an activating group) is 1. The van der Waals surface area contributed by atoms with Crippen molar-refractivity contribution in [1.82, 2.24) is 4.90 Å². The van der Waals surface area contributed by atoms with Gasteiger partial charge in [-0.2, -0.15) is 0 Å². The van der Waals surface area contributed by atoms with Crippen molar-refractivity contribution < 1.29 is 9.13 Å². The summed E-state index contributed by atoms with van der Waals surface area (Å²) in [5, 5.41) is 3.19. The Morgan fingerprint density at radius 1 is 1.42 bits per heavy atom. The van der Waals surface area contributed by atoms with Crippen LogP contribution in [0.4, 0.5) is 15.8 Å². The number of rotatable bonds is 5. The zero-order chi connectivity index (χ0) is 14.0. The summed E-state index contributed by atoms with van der Waals surface area (Å²) in [6.07, 6.45) is 3.51. The van der Waals surface area contributed by atoms with E-state index in [1.54, 1.807) is 6.07 Å². The van der Waals surface area contributed by atoms with Gasteiger partial charge >= 0.3 is 0 Å². The molecule has 0 aromatic heterocycles. The van der Waals surface area contributed by atoms with Crippen LogP contribution in [-0.4, -0.2) is 38.2 Å². The summed E-state index contributed by atoms with van der Waals surface area (Å²) in [5.41, 5.74) is 6.57. The van der Waals surface area contributed by atoms with Gasteiger partial charge in [-0.3, -0.25) is 0 Å². The molecule has 106 valence electrons. The third-order valence-corrected chi connectivity index (χ3v) is 4.16. The van der Waals surface area contributed by atoms with Gasteiger partial charge in [-0.15, -0.1) is 0 Å². The van der Waals surface area contributed by atoms with E-state index in [0.29, 0.717) is 17.1 Å². The fourth-order valence-corrected chi connectivity index (χ4v) is 2.51. The molecule has 1 aliphatic rings. The van der Waals surface area contributed by atoms with Crippen molar-refractivity contribution in [3.05, 3.63) is 17.9 Å². The Bertz CT molecular complexity index is 458. The number of benzene rings is 1. The average Bonchev–Trinajstić information content (AvgIpc) is 2.29. The lowest BCUT2D eigenvalue weighted by atomic mass is 9.75. The Balaban J connectivity index is 2.11. The molecule has 2 rings (SSSR count). The van der Waals surface area contributed by atoms with Crippen molar-refractivity contribution in [2.75, 3.05) is 38.8 Å². The minimum atomic E-state index is -0.341. The number of anilines is 2. The van der Waals surface area contributed by atoms with Crippen molar-refractivity contribution in [3.63, 3.8) is 0 Å². The molecule has 3 N–H and O–H groups in total. The molecule has 0 aliphatic heterocycles. The third-order valence-electron chi connectivity index (χ3n) is 4.16. The number of hydrogen-bond donors (Lipinski definition) is 2. The van der Waals surface area contributed by atoms with E-state index < -0.39 is 0 Å². The molecule has 4 nitrogen and oxygen atoms in total. The molecule has 1 aromatic rings. The number of nitrogens with one attached hydrogen (secondary N) is 1. The predicted molar refractivity (Wildman–Crippen MR) is 76.1 cm³/mol. The largest absolute Gasteiger partial charge is 0.495 e. The number of nitrogens with zero attached hydrogens (tertiary/aromatic N) is 1. The number of nitrogen functional groups attached to an aromatic ring is 1. The lowest BCUT2D eigenvalue weighted by Gasteiger charge is -2.47. The van der Waals surface area contributed by atoms with Gasteiger partial charge in [0.05, 0.1) is 18.5 Å². The predicted octanol–water partition coefficient (Wildman–Crippen LogP) is 2.31. The second-order valence-electron chi connectivity index (χ2n) is 5.40. The highest BCUT2D eigenvalue weighted by Crippen LogP contribution is 2.37. The van der Waals surface area contributed by atoms with Crippen LogP contribution in [0.3, 0.4) is 0 Å². The maximum Gasteiger partial charge on any atom is 0.148 e. The molecule has 0 bridgehead atoms. The second kappa shape index (κ2) is 5.25. The van der Waals surface area contributed by atoms with Gasteiger partial charge in [-0.05, 0) is 33.4 Å². The summed E-state index contributed by atoms with van der Waals surface area (Å²) in [6, 6.07) is 2.91. The molecule has 0 spiro atoms. The summed E-state index contributed by atoms with van der Waals surface area (Å²) < 4.78 is 19.0. The lowest BCUT2D eigenvalue weighted by Crippen LogP contribution is -2.54. The highest BCUT2D eigenvalue weighted by molar-refractivity contribution is 5.62. The van der Waals surface area contributed by atoms with E-state index in [-0.39, 0.29) is 11.4 Å². The van der Waals surface area contributed by atoms with Crippen LogP contribution in [0.5, 0.6) is 5.75 Å². The first kappa shape index (κ1) is 13.9. The standard InChI is InChI=1S/C14H22FN3O/c1-18(2)14(5-4-6-14)9-17-12-8-13(19-3)11(16)7-10(12)15/h7-8,17H,4-6,9,16H2,1-3H3. The highest BCUT2D eigenvalue weighted by atomic mass is 19.1. The van der Waals surface area contributed by atoms with Crippen molar-refractivity contribution in [2.24, 2.45) is 0 Å². The average molecular weight is 267 g/mol. The van der Waals surface area contributed by atoms with Gasteiger partial charge in [-0.1, -0.05) is 0 Å². The first-order chi connectivity index (χ1) is 8.98. The summed E-state index contributed by atoms with van der Waals surface area (Å²) in [5.74, 6) is 0.156. The maximum atomic E-state index is 13.9. The summed E-state index contributed by atoms with van der Waals surface area (Å²) in [4.78, 5) is 2.22. The number of ether oxygens (including phenoxy) is 1. The van der Waals surface area contributed by atoms with E-state index in [0.717, 1.165) is 19.4 Å². The van der Waals surface area contributed by atoms with Gasteiger partial charge in [-0.25, -0.2) is 4.39 Å². The molecular formula is C14H22FN3O. The van der Waals surface area contributed by atoms with E-state index in [4.69, 9.17) is 10.5 Å². The number of hydrogen-bond acceptors (Lipinski definition) is 4. The quantitative estimate of drug-likeness (QED) is 0.804. The van der Waals surface area contributed by atoms with Gasteiger partial charge in [0.1, 0.15) is 11.6 Å². The van der Waals surface area contributed by atoms with Crippen LogP contribution in [-0.2, 0) is 0 Å². The Kier molecular flexibility index (Phi) is 3.85. The number of methoxy groups -OCH3 is 1. The summed E-state index contributed by atoms with van der Waals surface area (Å²) >= 11 is 0. The van der Waals surface area contributed by atoms with E-state index in [2.05, 4.69) is 24.3 Å². The molecule has 1 aromatic carbocycles. The van der Waals surface area contributed by atoms with Crippen LogP contribution < -0.4 is 15.8 Å². The van der Waals surface area contributed by atoms with Crippen molar-refractivity contribution in [2.45, 2.75) is 24.8 Å². The minimum Gasteiger partial charge on any atom is -0.495 e. The van der Waals surface area contributed by atoms with Crippen LogP contribution in [0.25, 0.3) is 0 Å². The molecule has 0 amide bonds. The van der Waals surface area contributed by atoms with Gasteiger partial charge in [0.25, 0.3) is 0 Å². The Morgan fingerprint density at radius 3 is 2.58 bits per heavy atom. The van der Waals surface area contributed by atoms with E-state index >= 15 is 0 Å². The molecule has 19 heavy (non-hydrogen) atoms. The molecule has 1 fully saturated rings. The van der Waals surface area contributed by atoms with Crippen LogP contribution in [0.2, 0.25) is 0 Å². The first-order valence-electron chi connectivity index (χ1n) is 6.53. The Labute approximate surface area is 113 Å². The molecule has 0 heterocycles. The van der Waals surface area contributed by atoms with Crippen LogP contribution in [0, 0.1) is 5.82 Å². The highest BCUT2D eigenvalue weighted by Gasteiger charge is 2.38. The maximum absolute atomic E-state index is 13.9. The Hall–Kier alpha value is -1.49. The minimum absolute atomic E-state index is 0.140. The first-order valence-corrected chi connectivity index (χ1v) is 6.53. The smallest absolute Gasteiger partial charge is 0.148 e. The van der Waals surface area contributed by atoms with Gasteiger partial charge in [0.15, 0.2) is 0 Å². The van der Waals surface area contributed by atoms with Crippen LogP contribution in [0.1, 0.15) is 19.3 Å². The van der Waals surface area contributed by atoms with Gasteiger partial charge in [0, 0.05) is 24.2 Å². The zero-order valence-electron chi connectivity index (χ0n) is 11.8. The fourth-order valence-electron chi connectivity index (χ4n) is 2.51. The van der Waals surface area contributed by atoms with E-state index in [9.17, 15) is 4.39 Å². The second-order valence-corrected chi connectivity index (χ2v) is 5.40. The summed E-state index contributed by atoms with van der Waals surface area (Å²) in [7, 11) is 5.67. The number of halogens is 1. The molecule has 0 unspecified atom stereocenters. The van der Waals surface area contributed by atoms with Crippen LogP contribution in [0.15, 0.2) is 12.1 Å². The molecule has 0 atom stereocenters.